The molecule has 0 aromatic carbocycles. The van der Waals surface area contributed by atoms with E-state index in [1.807, 2.05) is 29.9 Å². The lowest BCUT2D eigenvalue weighted by atomic mass is 10.1. The summed E-state index contributed by atoms with van der Waals surface area (Å²) in [5.41, 5.74) is 3.89. The minimum atomic E-state index is 0.388. The second kappa shape index (κ2) is 7.46. The second-order valence-corrected chi connectivity index (χ2v) is 7.28. The Balaban J connectivity index is 1.96. The minimum absolute atomic E-state index is 0.388. The highest BCUT2D eigenvalue weighted by molar-refractivity contribution is 7.19. The number of fused-ring (bicyclic) bond motifs is 1. The molecule has 4 aromatic heterocycles. The Labute approximate surface area is 170 Å². The predicted molar refractivity (Wildman–Crippen MR) is 116 cm³/mol. The van der Waals surface area contributed by atoms with Crippen molar-refractivity contribution in [2.75, 3.05) is 0 Å². The van der Waals surface area contributed by atoms with Crippen LogP contribution in [0.15, 0.2) is 60.8 Å². The molecule has 6 nitrogen and oxygen atoms in total. The molecule has 0 N–H and O–H groups in total. The van der Waals surface area contributed by atoms with Gasteiger partial charge in [-0.2, -0.15) is 0 Å². The molecule has 0 aliphatic carbocycles. The molecule has 8 heteroatoms. The minimum Gasteiger partial charge on any atom is -0.350 e. The summed E-state index contributed by atoms with van der Waals surface area (Å²) in [5, 5.41) is 2.11. The van der Waals surface area contributed by atoms with Gasteiger partial charge < -0.3 is 4.57 Å². The van der Waals surface area contributed by atoms with Crippen LogP contribution in [0.1, 0.15) is 5.69 Å². The predicted octanol–water partition coefficient (Wildman–Crippen LogP) is 5.03. The molecule has 0 amide bonds. The summed E-state index contributed by atoms with van der Waals surface area (Å²) in [5.74, 6) is 0. The van der Waals surface area contributed by atoms with Gasteiger partial charge in [0, 0.05) is 36.6 Å². The van der Waals surface area contributed by atoms with Crippen LogP contribution in [0.3, 0.4) is 0 Å². The molecule has 0 atom stereocenters. The molecule has 0 aliphatic heterocycles. The molecular formula is C20H15ClN6S. The van der Waals surface area contributed by atoms with E-state index in [-0.39, 0.29) is 0 Å². The standard InChI is InChI=1S/C20H15ClN6S/c1-4-5-14(22-2)15-8-16-13(6-7-27(16)3)17(25-15)18-19(21)26-20(28-18)12-9-23-11-24-10-12/h4-11H,1-2H2,3H3/b14-5-. The second-order valence-electron chi connectivity index (χ2n) is 5.93. The lowest BCUT2D eigenvalue weighted by molar-refractivity contribution is 0.967. The van der Waals surface area contributed by atoms with E-state index in [1.54, 1.807) is 24.5 Å². The first-order chi connectivity index (χ1) is 13.6. The van der Waals surface area contributed by atoms with Gasteiger partial charge in [-0.1, -0.05) is 24.3 Å². The molecule has 28 heavy (non-hydrogen) atoms. The molecule has 0 unspecified atom stereocenters. The molecule has 4 heterocycles. The number of hydrogen-bond donors (Lipinski definition) is 0. The average Bonchev–Trinajstić information content (AvgIpc) is 3.29. The quantitative estimate of drug-likeness (QED) is 0.344. The first kappa shape index (κ1) is 18.2. The lowest BCUT2D eigenvalue weighted by Gasteiger charge is -2.07. The Morgan fingerprint density at radius 2 is 2.07 bits per heavy atom. The lowest BCUT2D eigenvalue weighted by Crippen LogP contribution is -1.94. The van der Waals surface area contributed by atoms with Gasteiger partial charge in [0.2, 0.25) is 0 Å². The van der Waals surface area contributed by atoms with Gasteiger partial charge in [-0.25, -0.2) is 19.9 Å². The van der Waals surface area contributed by atoms with Gasteiger partial charge >= 0.3 is 0 Å². The summed E-state index contributed by atoms with van der Waals surface area (Å²) in [4.78, 5) is 22.3. The Kier molecular flexibility index (Phi) is 4.85. The van der Waals surface area contributed by atoms with Gasteiger partial charge in [0.25, 0.3) is 0 Å². The number of thiazole rings is 1. The van der Waals surface area contributed by atoms with Crippen molar-refractivity contribution in [2.45, 2.75) is 0 Å². The maximum atomic E-state index is 6.51. The van der Waals surface area contributed by atoms with Crippen molar-refractivity contribution in [3.05, 3.63) is 66.6 Å². The van der Waals surface area contributed by atoms with Crippen LogP contribution < -0.4 is 0 Å². The highest BCUT2D eigenvalue weighted by atomic mass is 35.5. The van der Waals surface area contributed by atoms with Crippen molar-refractivity contribution >= 4 is 46.3 Å². The van der Waals surface area contributed by atoms with Gasteiger partial charge in [-0.05, 0) is 24.9 Å². The average molecular weight is 407 g/mol. The Hall–Kier alpha value is -3.16. The first-order valence-corrected chi connectivity index (χ1v) is 9.49. The van der Waals surface area contributed by atoms with E-state index < -0.39 is 0 Å². The van der Waals surface area contributed by atoms with Crippen molar-refractivity contribution < 1.29 is 0 Å². The third-order valence-electron chi connectivity index (χ3n) is 4.20. The van der Waals surface area contributed by atoms with Crippen molar-refractivity contribution in [3.63, 3.8) is 0 Å². The van der Waals surface area contributed by atoms with E-state index in [2.05, 4.69) is 33.2 Å². The summed E-state index contributed by atoms with van der Waals surface area (Å²) in [6.07, 6.45) is 10.3. The Morgan fingerprint density at radius 3 is 2.79 bits per heavy atom. The van der Waals surface area contributed by atoms with Gasteiger partial charge in [-0.15, -0.1) is 11.3 Å². The molecule has 0 saturated carbocycles. The summed E-state index contributed by atoms with van der Waals surface area (Å²) >= 11 is 7.96. The number of pyridine rings is 1. The number of aliphatic imine (C=N–C) groups is 1. The highest BCUT2D eigenvalue weighted by Crippen LogP contribution is 2.40. The van der Waals surface area contributed by atoms with E-state index >= 15 is 0 Å². The number of aryl methyl sites for hydroxylation is 1. The fraction of sp³-hybridized carbons (Fsp3) is 0.0500. The maximum absolute atomic E-state index is 6.51. The van der Waals surface area contributed by atoms with Crippen molar-refractivity contribution in [1.29, 1.82) is 0 Å². The molecule has 0 aliphatic rings. The number of hydrogen-bond acceptors (Lipinski definition) is 6. The third-order valence-corrected chi connectivity index (χ3v) is 5.70. The van der Waals surface area contributed by atoms with Crippen molar-refractivity contribution in [1.82, 2.24) is 24.5 Å². The van der Waals surface area contributed by atoms with Crippen molar-refractivity contribution in [2.24, 2.45) is 12.0 Å². The van der Waals surface area contributed by atoms with Crippen molar-refractivity contribution in [3.8, 4) is 21.1 Å². The number of halogens is 1. The Morgan fingerprint density at radius 1 is 1.29 bits per heavy atom. The fourth-order valence-corrected chi connectivity index (χ4v) is 4.16. The zero-order valence-electron chi connectivity index (χ0n) is 15.0. The molecule has 0 bridgehead atoms. The smallest absolute Gasteiger partial charge is 0.150 e. The van der Waals surface area contributed by atoms with Crippen LogP contribution in [0, 0.1) is 0 Å². The number of rotatable bonds is 5. The SMILES string of the molecule is C=C/C=C(\N=C)c1cc2c(ccn2C)c(-c2sc(-c3cncnc3)nc2Cl)n1. The number of allylic oxidation sites excluding steroid dienone is 2. The summed E-state index contributed by atoms with van der Waals surface area (Å²) in [6.45, 7) is 7.38. The van der Waals surface area contributed by atoms with Gasteiger partial charge in [0.05, 0.1) is 27.5 Å². The third kappa shape index (κ3) is 3.15. The molecule has 0 fully saturated rings. The molecule has 4 rings (SSSR count). The molecule has 4 aromatic rings. The first-order valence-electron chi connectivity index (χ1n) is 8.30. The van der Waals surface area contributed by atoms with E-state index in [0.29, 0.717) is 16.5 Å². The molecule has 0 radical (unpaired) electrons. The van der Waals surface area contributed by atoms with E-state index in [1.165, 1.54) is 17.7 Å². The monoisotopic (exact) mass is 406 g/mol. The van der Waals surface area contributed by atoms with Crippen LogP contribution in [-0.2, 0) is 7.05 Å². The molecule has 0 saturated heterocycles. The molecule has 138 valence electrons. The van der Waals surface area contributed by atoms with Crippen LogP contribution in [0.25, 0.3) is 37.7 Å². The topological polar surface area (TPSA) is 68.8 Å². The van der Waals surface area contributed by atoms with Crippen LogP contribution >= 0.6 is 22.9 Å². The van der Waals surface area contributed by atoms with Crippen LogP contribution in [-0.4, -0.2) is 31.2 Å². The van der Waals surface area contributed by atoms with Gasteiger partial charge in [-0.3, -0.25) is 4.99 Å². The Bertz CT molecular complexity index is 1220. The number of nitrogens with zero attached hydrogens (tertiary/aromatic N) is 6. The zero-order valence-corrected chi connectivity index (χ0v) is 16.6. The fourth-order valence-electron chi connectivity index (χ4n) is 2.88. The van der Waals surface area contributed by atoms with E-state index in [0.717, 1.165) is 32.0 Å². The number of aromatic nitrogens is 5. The molecular weight excluding hydrogens is 392 g/mol. The maximum Gasteiger partial charge on any atom is 0.150 e. The van der Waals surface area contributed by atoms with Crippen LogP contribution in [0.4, 0.5) is 0 Å². The van der Waals surface area contributed by atoms with Crippen LogP contribution in [0.5, 0.6) is 0 Å². The van der Waals surface area contributed by atoms with Crippen LogP contribution in [0.2, 0.25) is 5.15 Å². The van der Waals surface area contributed by atoms with E-state index in [9.17, 15) is 0 Å². The summed E-state index contributed by atoms with van der Waals surface area (Å²) < 4.78 is 2.03. The summed E-state index contributed by atoms with van der Waals surface area (Å²) in [6, 6.07) is 3.99. The van der Waals surface area contributed by atoms with Gasteiger partial charge in [0.1, 0.15) is 16.5 Å². The van der Waals surface area contributed by atoms with E-state index in [4.69, 9.17) is 16.6 Å². The van der Waals surface area contributed by atoms with Gasteiger partial charge in [0.15, 0.2) is 0 Å². The molecule has 0 spiro atoms. The summed E-state index contributed by atoms with van der Waals surface area (Å²) in [7, 11) is 1.98. The normalized spacial score (nSPS) is 11.7. The largest absolute Gasteiger partial charge is 0.350 e. The zero-order chi connectivity index (χ0) is 19.7. The highest BCUT2D eigenvalue weighted by Gasteiger charge is 2.19.